The van der Waals surface area contributed by atoms with E-state index in [9.17, 15) is 13.2 Å². The first kappa shape index (κ1) is 17.4. The van der Waals surface area contributed by atoms with Crippen LogP contribution in [0.15, 0.2) is 30.5 Å². The lowest BCUT2D eigenvalue weighted by Crippen LogP contribution is -2.14. The van der Waals surface area contributed by atoms with E-state index < -0.39 is 11.9 Å². The van der Waals surface area contributed by atoms with E-state index in [1.807, 2.05) is 12.1 Å². The number of alkyl halides is 3. The Kier molecular flexibility index (Phi) is 5.74. The normalized spacial score (nSPS) is 11.7. The predicted molar refractivity (Wildman–Crippen MR) is 84.2 cm³/mol. The van der Waals surface area contributed by atoms with Crippen molar-refractivity contribution in [1.82, 2.24) is 9.97 Å². The van der Waals surface area contributed by atoms with Crippen molar-refractivity contribution in [2.45, 2.75) is 52.1 Å². The molecule has 1 aromatic carbocycles. The zero-order valence-corrected chi connectivity index (χ0v) is 13.5. The molecule has 23 heavy (non-hydrogen) atoms. The number of aryl methyl sites for hydroxylation is 4. The van der Waals surface area contributed by atoms with E-state index in [1.54, 1.807) is 0 Å². The lowest BCUT2D eigenvalue weighted by molar-refractivity contribution is -0.142. The summed E-state index contributed by atoms with van der Waals surface area (Å²) in [5.41, 5.74) is 1.63. The predicted octanol–water partition coefficient (Wildman–Crippen LogP) is 4.93. The lowest BCUT2D eigenvalue weighted by Gasteiger charge is -2.12. The molecule has 5 heteroatoms. The Labute approximate surface area is 134 Å². The summed E-state index contributed by atoms with van der Waals surface area (Å²) in [6.45, 7) is 3.62. The molecule has 2 aromatic rings. The van der Waals surface area contributed by atoms with Crippen molar-refractivity contribution in [3.05, 3.63) is 58.7 Å². The van der Waals surface area contributed by atoms with Gasteiger partial charge in [-0.15, -0.1) is 0 Å². The van der Waals surface area contributed by atoms with E-state index in [-0.39, 0.29) is 17.8 Å². The second kappa shape index (κ2) is 7.57. The van der Waals surface area contributed by atoms with Crippen molar-refractivity contribution in [3.8, 4) is 0 Å². The fourth-order valence-electron chi connectivity index (χ4n) is 2.46. The van der Waals surface area contributed by atoms with Crippen LogP contribution in [0.25, 0.3) is 0 Å². The summed E-state index contributed by atoms with van der Waals surface area (Å²) in [6, 6.07) is 8.10. The van der Waals surface area contributed by atoms with Gasteiger partial charge in [-0.05, 0) is 43.7 Å². The standard InChI is InChI=1S/C18H21F3N2/c1-3-4-5-14-6-8-15(9-7-14)10-11-16-12-22-13(2)23-17(16)18(19,20)21/h6-9,12H,3-5,10-11H2,1-2H3. The van der Waals surface area contributed by atoms with Gasteiger partial charge in [0.15, 0.2) is 5.69 Å². The van der Waals surface area contributed by atoms with Crippen LogP contribution in [0.2, 0.25) is 0 Å². The molecule has 124 valence electrons. The van der Waals surface area contributed by atoms with Gasteiger partial charge in [-0.1, -0.05) is 37.6 Å². The van der Waals surface area contributed by atoms with Crippen molar-refractivity contribution in [1.29, 1.82) is 0 Å². The van der Waals surface area contributed by atoms with Crippen molar-refractivity contribution in [2.24, 2.45) is 0 Å². The summed E-state index contributed by atoms with van der Waals surface area (Å²) in [5.74, 6) is 0.140. The van der Waals surface area contributed by atoms with Crippen molar-refractivity contribution in [2.75, 3.05) is 0 Å². The average Bonchev–Trinajstić information content (AvgIpc) is 2.52. The second-order valence-corrected chi connectivity index (χ2v) is 5.71. The Morgan fingerprint density at radius 2 is 1.57 bits per heavy atom. The number of rotatable bonds is 6. The van der Waals surface area contributed by atoms with Crippen molar-refractivity contribution in [3.63, 3.8) is 0 Å². The molecule has 0 fully saturated rings. The van der Waals surface area contributed by atoms with Gasteiger partial charge in [-0.2, -0.15) is 13.2 Å². The maximum atomic E-state index is 13.0. The van der Waals surface area contributed by atoms with Gasteiger partial charge in [0.05, 0.1) is 0 Å². The maximum Gasteiger partial charge on any atom is 0.433 e. The molecule has 0 radical (unpaired) electrons. The quantitative estimate of drug-likeness (QED) is 0.753. The van der Waals surface area contributed by atoms with Crippen LogP contribution in [0.5, 0.6) is 0 Å². The molecular weight excluding hydrogens is 301 g/mol. The van der Waals surface area contributed by atoms with Gasteiger partial charge in [0.1, 0.15) is 5.82 Å². The summed E-state index contributed by atoms with van der Waals surface area (Å²) in [5, 5.41) is 0. The first-order chi connectivity index (χ1) is 10.9. The molecule has 0 bridgehead atoms. The summed E-state index contributed by atoms with van der Waals surface area (Å²) < 4.78 is 39.1. The highest BCUT2D eigenvalue weighted by Crippen LogP contribution is 2.30. The largest absolute Gasteiger partial charge is 0.433 e. The number of hydrogen-bond donors (Lipinski definition) is 0. The molecule has 0 N–H and O–H groups in total. The van der Waals surface area contributed by atoms with Crippen LogP contribution in [0.4, 0.5) is 13.2 Å². The van der Waals surface area contributed by atoms with Gasteiger partial charge in [-0.3, -0.25) is 0 Å². The third-order valence-corrected chi connectivity index (χ3v) is 3.78. The maximum absolute atomic E-state index is 13.0. The molecule has 0 atom stereocenters. The van der Waals surface area contributed by atoms with Crippen LogP contribution in [0.1, 0.15) is 48.0 Å². The molecule has 0 aliphatic rings. The molecular formula is C18H21F3N2. The van der Waals surface area contributed by atoms with Crippen molar-refractivity contribution >= 4 is 0 Å². The second-order valence-electron chi connectivity index (χ2n) is 5.71. The minimum Gasteiger partial charge on any atom is -0.241 e. The lowest BCUT2D eigenvalue weighted by atomic mass is 10.0. The Balaban J connectivity index is 2.06. The number of unbranched alkanes of at least 4 members (excludes halogenated alkanes) is 1. The summed E-state index contributed by atoms with van der Waals surface area (Å²) >= 11 is 0. The highest BCUT2D eigenvalue weighted by molar-refractivity contribution is 5.26. The van der Waals surface area contributed by atoms with E-state index in [1.165, 1.54) is 18.7 Å². The minimum atomic E-state index is -4.44. The molecule has 0 saturated heterocycles. The van der Waals surface area contributed by atoms with Crippen LogP contribution in [-0.2, 0) is 25.4 Å². The van der Waals surface area contributed by atoms with E-state index >= 15 is 0 Å². The average molecular weight is 322 g/mol. The molecule has 0 saturated carbocycles. The molecule has 0 amide bonds. The molecule has 0 spiro atoms. The van der Waals surface area contributed by atoms with Gasteiger partial charge >= 0.3 is 6.18 Å². The van der Waals surface area contributed by atoms with E-state index in [4.69, 9.17) is 0 Å². The number of halogens is 3. The van der Waals surface area contributed by atoms with Crippen LogP contribution in [0, 0.1) is 6.92 Å². The van der Waals surface area contributed by atoms with Gasteiger partial charge < -0.3 is 0 Å². The molecule has 1 heterocycles. The smallest absolute Gasteiger partial charge is 0.241 e. The SMILES string of the molecule is CCCCc1ccc(CCc2cnc(C)nc2C(F)(F)F)cc1. The Morgan fingerprint density at radius 3 is 2.13 bits per heavy atom. The zero-order valence-electron chi connectivity index (χ0n) is 13.5. The molecule has 1 aromatic heterocycles. The molecule has 0 unspecified atom stereocenters. The Morgan fingerprint density at radius 1 is 0.957 bits per heavy atom. The van der Waals surface area contributed by atoms with E-state index in [0.29, 0.717) is 6.42 Å². The molecule has 2 nitrogen and oxygen atoms in total. The third kappa shape index (κ3) is 5.05. The topological polar surface area (TPSA) is 25.8 Å². The van der Waals surface area contributed by atoms with Crippen LogP contribution in [-0.4, -0.2) is 9.97 Å². The van der Waals surface area contributed by atoms with Gasteiger partial charge in [0.25, 0.3) is 0 Å². The summed E-state index contributed by atoms with van der Waals surface area (Å²) in [6.07, 6.45) is 1.02. The summed E-state index contributed by atoms with van der Waals surface area (Å²) in [7, 11) is 0. The molecule has 0 aliphatic carbocycles. The monoisotopic (exact) mass is 322 g/mol. The highest BCUT2D eigenvalue weighted by atomic mass is 19.4. The Bertz CT molecular complexity index is 634. The van der Waals surface area contributed by atoms with E-state index in [0.717, 1.165) is 24.8 Å². The molecule has 2 rings (SSSR count). The fourth-order valence-corrected chi connectivity index (χ4v) is 2.46. The van der Waals surface area contributed by atoms with Crippen LogP contribution in [0.3, 0.4) is 0 Å². The number of aromatic nitrogens is 2. The van der Waals surface area contributed by atoms with Gasteiger partial charge in [0.2, 0.25) is 0 Å². The highest BCUT2D eigenvalue weighted by Gasteiger charge is 2.35. The first-order valence-electron chi connectivity index (χ1n) is 7.87. The Hall–Kier alpha value is -1.91. The van der Waals surface area contributed by atoms with E-state index in [2.05, 4.69) is 29.0 Å². The number of benzene rings is 1. The van der Waals surface area contributed by atoms with Gasteiger partial charge in [0, 0.05) is 11.8 Å². The minimum absolute atomic E-state index is 0.140. The number of nitrogens with zero attached hydrogens (tertiary/aromatic N) is 2. The molecule has 0 aliphatic heterocycles. The third-order valence-electron chi connectivity index (χ3n) is 3.78. The fraction of sp³-hybridized carbons (Fsp3) is 0.444. The van der Waals surface area contributed by atoms with Crippen LogP contribution < -0.4 is 0 Å². The van der Waals surface area contributed by atoms with Crippen molar-refractivity contribution < 1.29 is 13.2 Å². The van der Waals surface area contributed by atoms with Gasteiger partial charge in [-0.25, -0.2) is 9.97 Å². The summed E-state index contributed by atoms with van der Waals surface area (Å²) in [4.78, 5) is 7.47. The zero-order chi connectivity index (χ0) is 16.9. The number of hydrogen-bond acceptors (Lipinski definition) is 2. The first-order valence-corrected chi connectivity index (χ1v) is 7.87. The van der Waals surface area contributed by atoms with Crippen LogP contribution >= 0.6 is 0 Å².